The summed E-state index contributed by atoms with van der Waals surface area (Å²) in [6.45, 7) is 0. The van der Waals surface area contributed by atoms with Crippen LogP contribution in [0.1, 0.15) is 16.7 Å². The molecule has 10 aromatic rings. The van der Waals surface area contributed by atoms with E-state index in [1.807, 2.05) is 84.1 Å². The molecule has 0 amide bonds. The third kappa shape index (κ3) is 5.99. The minimum atomic E-state index is 0.160. The van der Waals surface area contributed by atoms with Gasteiger partial charge in [-0.05, 0) is 41.0 Å². The first-order chi connectivity index (χ1) is 27.7. The van der Waals surface area contributed by atoms with Gasteiger partial charge >= 0.3 is 0 Å². The van der Waals surface area contributed by atoms with Crippen molar-refractivity contribution in [3.63, 3.8) is 0 Å². The van der Waals surface area contributed by atoms with Gasteiger partial charge in [-0.2, -0.15) is 0 Å². The summed E-state index contributed by atoms with van der Waals surface area (Å²) < 4.78 is 4.91. The van der Waals surface area contributed by atoms with Crippen molar-refractivity contribution < 1.29 is 0 Å². The van der Waals surface area contributed by atoms with Gasteiger partial charge in [-0.1, -0.05) is 164 Å². The molecule has 3 aromatic heterocycles. The van der Waals surface area contributed by atoms with Gasteiger partial charge in [0.2, 0.25) is 0 Å². The van der Waals surface area contributed by atoms with E-state index in [1.165, 1.54) is 31.1 Å². The van der Waals surface area contributed by atoms with Gasteiger partial charge in [0.1, 0.15) is 0 Å². The summed E-state index contributed by atoms with van der Waals surface area (Å²) in [5.41, 5.74) is 11.2. The van der Waals surface area contributed by atoms with Crippen molar-refractivity contribution in [2.75, 3.05) is 0 Å². The second-order valence-corrected chi connectivity index (χ2v) is 14.6. The van der Waals surface area contributed by atoms with Crippen LogP contribution in [0.4, 0.5) is 0 Å². The lowest BCUT2D eigenvalue weighted by Gasteiger charge is -2.12. The fourth-order valence-corrected chi connectivity index (χ4v) is 8.80. The van der Waals surface area contributed by atoms with Gasteiger partial charge < -0.3 is 4.57 Å². The van der Waals surface area contributed by atoms with E-state index in [0.29, 0.717) is 5.84 Å². The highest BCUT2D eigenvalue weighted by Gasteiger charge is 2.23. The lowest BCUT2D eigenvalue weighted by atomic mass is 10.0. The summed E-state index contributed by atoms with van der Waals surface area (Å²) in [6, 6.07) is 64.3. The topological polar surface area (TPSA) is 66.4 Å². The second-order valence-electron chi connectivity index (χ2n) is 13.6. The number of aliphatic imine (C=N–C) groups is 2. The average molecular weight is 736 g/mol. The summed E-state index contributed by atoms with van der Waals surface area (Å²) in [7, 11) is 0. The molecule has 5 nitrogen and oxygen atoms in total. The Kier molecular flexibility index (Phi) is 8.43. The number of hydrogen-bond donors (Lipinski definition) is 1. The maximum atomic E-state index is 8.75. The first kappa shape index (κ1) is 33.3. The van der Waals surface area contributed by atoms with Crippen LogP contribution in [0.3, 0.4) is 0 Å². The molecule has 264 valence electrons. The first-order valence-corrected chi connectivity index (χ1v) is 19.3. The molecule has 0 saturated carbocycles. The van der Waals surface area contributed by atoms with Gasteiger partial charge in [0, 0.05) is 49.5 Å². The predicted octanol–water partition coefficient (Wildman–Crippen LogP) is 12.8. The van der Waals surface area contributed by atoms with Crippen LogP contribution in [-0.2, 0) is 0 Å². The van der Waals surface area contributed by atoms with Crippen LogP contribution >= 0.6 is 11.3 Å². The van der Waals surface area contributed by atoms with Gasteiger partial charge in [0.25, 0.3) is 0 Å². The quantitative estimate of drug-likeness (QED) is 0.134. The summed E-state index contributed by atoms with van der Waals surface area (Å²) in [5.74, 6) is 0.637. The molecule has 6 heteroatoms. The van der Waals surface area contributed by atoms with Crippen LogP contribution in [0.25, 0.3) is 70.2 Å². The Morgan fingerprint density at radius 1 is 0.571 bits per heavy atom. The Morgan fingerprint density at radius 3 is 1.96 bits per heavy atom. The van der Waals surface area contributed by atoms with Gasteiger partial charge in [-0.3, -0.25) is 5.41 Å². The minimum Gasteiger partial charge on any atom is -0.308 e. The van der Waals surface area contributed by atoms with Crippen molar-refractivity contribution in [3.05, 3.63) is 205 Å². The van der Waals surface area contributed by atoms with Crippen LogP contribution in [0.5, 0.6) is 0 Å². The molecule has 3 heterocycles. The second kappa shape index (κ2) is 14.2. The Hall–Kier alpha value is -7.28. The molecular weight excluding hydrogens is 703 g/mol. The number of benzene rings is 7. The predicted molar refractivity (Wildman–Crippen MR) is 236 cm³/mol. The van der Waals surface area contributed by atoms with Crippen molar-refractivity contribution in [2.45, 2.75) is 0 Å². The van der Waals surface area contributed by atoms with Crippen LogP contribution < -0.4 is 0 Å². The number of thiophene rings is 1. The Morgan fingerprint density at radius 2 is 1.21 bits per heavy atom. The lowest BCUT2D eigenvalue weighted by molar-refractivity contribution is 1.19. The van der Waals surface area contributed by atoms with E-state index in [4.69, 9.17) is 20.4 Å². The van der Waals surface area contributed by atoms with E-state index in [0.717, 1.165) is 55.8 Å². The largest absolute Gasteiger partial charge is 0.308 e. The van der Waals surface area contributed by atoms with Gasteiger partial charge in [0.05, 0.1) is 26.9 Å². The molecule has 10 rings (SSSR count). The number of nitrogens with zero attached hydrogens (tertiary/aromatic N) is 4. The third-order valence-corrected chi connectivity index (χ3v) is 11.4. The zero-order valence-electron chi connectivity index (χ0n) is 30.2. The molecular formula is C50H33N5S. The zero-order chi connectivity index (χ0) is 37.4. The summed E-state index contributed by atoms with van der Waals surface area (Å²) in [4.78, 5) is 14.8. The molecule has 0 unspecified atom stereocenters. The molecule has 0 aliphatic heterocycles. The Labute approximate surface area is 327 Å². The summed E-state index contributed by atoms with van der Waals surface area (Å²) in [6.07, 6.45) is 1.80. The number of para-hydroxylation sites is 2. The lowest BCUT2D eigenvalue weighted by Crippen LogP contribution is -2.04. The number of hydrogen-bond acceptors (Lipinski definition) is 3. The van der Waals surface area contributed by atoms with Crippen LogP contribution in [0.15, 0.2) is 198 Å². The fourth-order valence-electron chi connectivity index (χ4n) is 7.45. The molecule has 0 saturated heterocycles. The summed E-state index contributed by atoms with van der Waals surface area (Å²) >= 11 is 1.85. The number of rotatable bonds is 6. The molecule has 0 atom stereocenters. The highest BCUT2D eigenvalue weighted by atomic mass is 32.1. The number of amidine groups is 2. The standard InChI is InChI=1S/C50H33N5S/c51-49(36-19-9-3-10-20-36)54-50(52-32-33-15-5-1-6-16-33)37-27-25-34(26-28-37)38-29-30-41-43(31-38)55(39-21-11-4-12-22-39)46-44-45(35-17-7-2-8-18-35)53-42-24-14-13-23-40(42)47(44)56-48(41)46/h1-32,51H. The molecule has 56 heavy (non-hydrogen) atoms. The number of aromatic nitrogens is 2. The SMILES string of the molecule is N=C(N=C(N=Cc1ccccc1)c1ccc(-c2ccc3c4sc5c6ccccc6nc(-c6ccccc6)c5c4n(-c4ccccc4)c3c2)cc1)c1ccccc1. The van der Waals surface area contributed by atoms with Crippen LogP contribution in [0.2, 0.25) is 0 Å². The smallest absolute Gasteiger partial charge is 0.161 e. The van der Waals surface area contributed by atoms with Gasteiger partial charge in [0.15, 0.2) is 11.7 Å². The minimum absolute atomic E-state index is 0.160. The zero-order valence-corrected chi connectivity index (χ0v) is 31.0. The number of nitrogens with one attached hydrogen (secondary N) is 1. The summed E-state index contributed by atoms with van der Waals surface area (Å²) in [5, 5.41) is 12.3. The number of pyridine rings is 1. The average Bonchev–Trinajstić information content (AvgIpc) is 3.81. The van der Waals surface area contributed by atoms with E-state index in [-0.39, 0.29) is 5.84 Å². The molecule has 1 N–H and O–H groups in total. The Balaban J connectivity index is 1.13. The maximum Gasteiger partial charge on any atom is 0.161 e. The normalized spacial score (nSPS) is 12.0. The molecule has 0 aliphatic carbocycles. The maximum absolute atomic E-state index is 8.75. The first-order valence-electron chi connectivity index (χ1n) is 18.5. The molecule has 7 aromatic carbocycles. The highest BCUT2D eigenvalue weighted by Crippen LogP contribution is 2.48. The van der Waals surface area contributed by atoms with Crippen molar-refractivity contribution in [3.8, 4) is 28.1 Å². The molecule has 0 aliphatic rings. The van der Waals surface area contributed by atoms with Gasteiger partial charge in [-0.15, -0.1) is 11.3 Å². The van der Waals surface area contributed by atoms with E-state index in [2.05, 4.69) is 120 Å². The fraction of sp³-hybridized carbons (Fsp3) is 0. The van der Waals surface area contributed by atoms with E-state index >= 15 is 0 Å². The van der Waals surface area contributed by atoms with Crippen molar-refractivity contribution in [2.24, 2.45) is 9.98 Å². The number of fused-ring (bicyclic) bond motifs is 7. The van der Waals surface area contributed by atoms with E-state index in [9.17, 15) is 0 Å². The molecule has 0 radical (unpaired) electrons. The van der Waals surface area contributed by atoms with Crippen LogP contribution in [0, 0.1) is 5.41 Å². The van der Waals surface area contributed by atoms with Gasteiger partial charge in [-0.25, -0.2) is 15.0 Å². The molecule has 0 fully saturated rings. The third-order valence-electron chi connectivity index (χ3n) is 10.1. The van der Waals surface area contributed by atoms with Crippen molar-refractivity contribution in [1.82, 2.24) is 9.55 Å². The van der Waals surface area contributed by atoms with Crippen molar-refractivity contribution in [1.29, 1.82) is 5.41 Å². The molecule has 0 bridgehead atoms. The van der Waals surface area contributed by atoms with E-state index < -0.39 is 0 Å². The van der Waals surface area contributed by atoms with E-state index in [1.54, 1.807) is 6.21 Å². The highest BCUT2D eigenvalue weighted by molar-refractivity contribution is 7.27. The van der Waals surface area contributed by atoms with Crippen LogP contribution in [-0.4, -0.2) is 27.4 Å². The Bertz CT molecular complexity index is 3110. The monoisotopic (exact) mass is 735 g/mol. The van der Waals surface area contributed by atoms with Crippen molar-refractivity contribution >= 4 is 71.3 Å². The molecule has 0 spiro atoms.